The summed E-state index contributed by atoms with van der Waals surface area (Å²) in [4.78, 5) is 12.9. The summed E-state index contributed by atoms with van der Waals surface area (Å²) in [6.45, 7) is 3.71. The second kappa shape index (κ2) is 5.56. The van der Waals surface area contributed by atoms with Gasteiger partial charge in [0.25, 0.3) is 5.91 Å². The number of nitrogens with one attached hydrogen (secondary N) is 2. The Labute approximate surface area is 127 Å². The first-order valence-corrected chi connectivity index (χ1v) is 7.79. The lowest BCUT2D eigenvalue weighted by molar-refractivity contribution is 0.103. The summed E-state index contributed by atoms with van der Waals surface area (Å²) in [6, 6.07) is 6.03. The molecule has 0 aliphatic carbocycles. The van der Waals surface area contributed by atoms with E-state index in [0.717, 1.165) is 30.8 Å². The van der Waals surface area contributed by atoms with E-state index in [9.17, 15) is 4.79 Å². The van der Waals surface area contributed by atoms with E-state index < -0.39 is 0 Å². The van der Waals surface area contributed by atoms with Crippen LogP contribution < -0.4 is 10.6 Å². The van der Waals surface area contributed by atoms with Crippen LogP contribution in [0, 0.1) is 6.92 Å². The Bertz CT molecular complexity index is 666. The van der Waals surface area contributed by atoms with Crippen molar-refractivity contribution in [3.8, 4) is 0 Å². The van der Waals surface area contributed by atoms with Gasteiger partial charge in [0.05, 0.1) is 5.02 Å². The molecule has 3 nitrogen and oxygen atoms in total. The average molecular weight is 307 g/mol. The van der Waals surface area contributed by atoms with Crippen LogP contribution in [0.3, 0.4) is 0 Å². The summed E-state index contributed by atoms with van der Waals surface area (Å²) >= 11 is 7.54. The van der Waals surface area contributed by atoms with Crippen LogP contribution >= 0.6 is 22.9 Å². The molecule has 2 N–H and O–H groups in total. The Morgan fingerprint density at radius 3 is 3.05 bits per heavy atom. The largest absolute Gasteiger partial charge is 0.321 e. The van der Waals surface area contributed by atoms with Crippen LogP contribution in [0.5, 0.6) is 0 Å². The van der Waals surface area contributed by atoms with Crippen molar-refractivity contribution in [3.63, 3.8) is 0 Å². The van der Waals surface area contributed by atoms with Gasteiger partial charge in [-0.15, -0.1) is 11.3 Å². The molecule has 0 fully saturated rings. The van der Waals surface area contributed by atoms with Gasteiger partial charge in [-0.1, -0.05) is 23.7 Å². The Hall–Kier alpha value is -1.36. The van der Waals surface area contributed by atoms with Crippen molar-refractivity contribution in [2.45, 2.75) is 19.9 Å². The zero-order valence-electron chi connectivity index (χ0n) is 11.1. The number of rotatable bonds is 2. The number of anilines is 1. The highest BCUT2D eigenvalue weighted by atomic mass is 35.5. The molecule has 0 spiro atoms. The second-order valence-electron chi connectivity index (χ2n) is 4.89. The zero-order valence-corrected chi connectivity index (χ0v) is 12.7. The molecule has 1 amide bonds. The van der Waals surface area contributed by atoms with Gasteiger partial charge in [-0.05, 0) is 48.0 Å². The van der Waals surface area contributed by atoms with E-state index in [2.05, 4.69) is 16.7 Å². The van der Waals surface area contributed by atoms with Crippen LogP contribution in [0.1, 0.15) is 26.4 Å². The molecule has 3 rings (SSSR count). The van der Waals surface area contributed by atoms with Crippen molar-refractivity contribution in [1.29, 1.82) is 0 Å². The maximum absolute atomic E-state index is 12.3. The molecule has 104 valence electrons. The number of thiophene rings is 1. The topological polar surface area (TPSA) is 41.1 Å². The Morgan fingerprint density at radius 1 is 1.45 bits per heavy atom. The van der Waals surface area contributed by atoms with E-state index in [0.29, 0.717) is 9.90 Å². The fraction of sp³-hybridized carbons (Fsp3) is 0.267. The van der Waals surface area contributed by atoms with Gasteiger partial charge in [0.1, 0.15) is 4.88 Å². The summed E-state index contributed by atoms with van der Waals surface area (Å²) in [5.41, 5.74) is 4.32. The van der Waals surface area contributed by atoms with Gasteiger partial charge in [-0.2, -0.15) is 0 Å². The van der Waals surface area contributed by atoms with Crippen molar-refractivity contribution in [3.05, 3.63) is 50.2 Å². The number of aryl methyl sites for hydroxylation is 1. The molecule has 0 bridgehead atoms. The van der Waals surface area contributed by atoms with Gasteiger partial charge in [0.15, 0.2) is 0 Å². The molecule has 1 aromatic heterocycles. The fourth-order valence-corrected chi connectivity index (χ4v) is 3.58. The molecule has 0 saturated heterocycles. The van der Waals surface area contributed by atoms with Gasteiger partial charge >= 0.3 is 0 Å². The third-order valence-corrected chi connectivity index (χ3v) is 5.19. The quantitative estimate of drug-likeness (QED) is 0.890. The molecule has 0 radical (unpaired) electrons. The maximum Gasteiger partial charge on any atom is 0.267 e. The van der Waals surface area contributed by atoms with Crippen molar-refractivity contribution in [2.75, 3.05) is 11.9 Å². The molecule has 2 heterocycles. The van der Waals surface area contributed by atoms with Crippen LogP contribution in [0.15, 0.2) is 23.6 Å². The molecule has 20 heavy (non-hydrogen) atoms. The number of hydrogen-bond acceptors (Lipinski definition) is 3. The van der Waals surface area contributed by atoms with Crippen LogP contribution in [0.2, 0.25) is 5.02 Å². The van der Waals surface area contributed by atoms with E-state index in [1.54, 1.807) is 0 Å². The van der Waals surface area contributed by atoms with Gasteiger partial charge in [0.2, 0.25) is 0 Å². The Balaban J connectivity index is 1.88. The molecule has 1 aromatic carbocycles. The van der Waals surface area contributed by atoms with Crippen LogP contribution in [0.4, 0.5) is 5.69 Å². The number of hydrogen-bond donors (Lipinski definition) is 2. The minimum absolute atomic E-state index is 0.125. The highest BCUT2D eigenvalue weighted by Crippen LogP contribution is 2.29. The Morgan fingerprint density at radius 2 is 2.30 bits per heavy atom. The van der Waals surface area contributed by atoms with Crippen LogP contribution in [-0.4, -0.2) is 12.5 Å². The normalized spacial score (nSPS) is 13.9. The average Bonchev–Trinajstić information content (AvgIpc) is 2.79. The Kier molecular flexibility index (Phi) is 3.78. The first-order valence-electron chi connectivity index (χ1n) is 6.53. The van der Waals surface area contributed by atoms with Crippen molar-refractivity contribution < 1.29 is 4.79 Å². The lowest BCUT2D eigenvalue weighted by Crippen LogP contribution is -2.25. The highest BCUT2D eigenvalue weighted by Gasteiger charge is 2.18. The summed E-state index contributed by atoms with van der Waals surface area (Å²) in [5.74, 6) is -0.125. The standard InChI is InChI=1S/C15H15ClN2OS/c1-9-8-20-14(13(9)16)15(19)18-12-4-2-3-10-7-17-6-5-11(10)12/h2-4,8,17H,5-7H2,1H3,(H,18,19). The predicted molar refractivity (Wildman–Crippen MR) is 83.9 cm³/mol. The molecule has 5 heteroatoms. The fourth-order valence-electron chi connectivity index (χ4n) is 2.41. The first-order chi connectivity index (χ1) is 9.66. The third kappa shape index (κ3) is 2.46. The number of benzene rings is 1. The summed E-state index contributed by atoms with van der Waals surface area (Å²) in [5, 5.41) is 8.79. The van der Waals surface area contributed by atoms with E-state index in [4.69, 9.17) is 11.6 Å². The van der Waals surface area contributed by atoms with Crippen molar-refractivity contribution in [2.24, 2.45) is 0 Å². The minimum Gasteiger partial charge on any atom is -0.321 e. The number of amides is 1. The number of halogens is 1. The SMILES string of the molecule is Cc1csc(C(=O)Nc2cccc3c2CCNC3)c1Cl. The first kappa shape index (κ1) is 13.6. The molecular formula is C15H15ClN2OS. The molecular weight excluding hydrogens is 292 g/mol. The molecule has 0 atom stereocenters. The van der Waals surface area contributed by atoms with Gasteiger partial charge in [-0.3, -0.25) is 4.79 Å². The third-order valence-electron chi connectivity index (χ3n) is 3.49. The highest BCUT2D eigenvalue weighted by molar-refractivity contribution is 7.13. The minimum atomic E-state index is -0.125. The lowest BCUT2D eigenvalue weighted by Gasteiger charge is -2.20. The lowest BCUT2D eigenvalue weighted by atomic mass is 9.99. The molecule has 0 unspecified atom stereocenters. The summed E-state index contributed by atoms with van der Waals surface area (Å²) in [7, 11) is 0. The molecule has 1 aliphatic rings. The number of fused-ring (bicyclic) bond motifs is 1. The van der Waals surface area contributed by atoms with Gasteiger partial charge in [-0.25, -0.2) is 0 Å². The number of carbonyl (C=O) groups is 1. The summed E-state index contributed by atoms with van der Waals surface area (Å²) in [6.07, 6.45) is 0.934. The van der Waals surface area contributed by atoms with E-state index in [1.807, 2.05) is 24.4 Å². The van der Waals surface area contributed by atoms with Crippen LogP contribution in [-0.2, 0) is 13.0 Å². The molecule has 0 saturated carbocycles. The smallest absolute Gasteiger partial charge is 0.267 e. The molecule has 1 aliphatic heterocycles. The predicted octanol–water partition coefficient (Wildman–Crippen LogP) is 3.61. The monoisotopic (exact) mass is 306 g/mol. The van der Waals surface area contributed by atoms with Gasteiger partial charge < -0.3 is 10.6 Å². The molecule has 2 aromatic rings. The zero-order chi connectivity index (χ0) is 14.1. The van der Waals surface area contributed by atoms with Crippen molar-refractivity contribution >= 4 is 34.5 Å². The van der Waals surface area contributed by atoms with E-state index in [1.165, 1.54) is 22.5 Å². The summed E-state index contributed by atoms with van der Waals surface area (Å²) < 4.78 is 0. The second-order valence-corrected chi connectivity index (χ2v) is 6.14. The number of carbonyl (C=O) groups excluding carboxylic acids is 1. The van der Waals surface area contributed by atoms with E-state index in [-0.39, 0.29) is 5.91 Å². The van der Waals surface area contributed by atoms with Gasteiger partial charge in [0, 0.05) is 12.2 Å². The maximum atomic E-state index is 12.3. The van der Waals surface area contributed by atoms with Crippen molar-refractivity contribution in [1.82, 2.24) is 5.32 Å². The van der Waals surface area contributed by atoms with Crippen LogP contribution in [0.25, 0.3) is 0 Å². The van der Waals surface area contributed by atoms with E-state index >= 15 is 0 Å².